The highest BCUT2D eigenvalue weighted by Gasteiger charge is 2.63. The minimum Gasteiger partial charge on any atom is -0.412 e. The lowest BCUT2D eigenvalue weighted by Crippen LogP contribution is -2.54. The predicted molar refractivity (Wildman–Crippen MR) is 185 cm³/mol. The summed E-state index contributed by atoms with van der Waals surface area (Å²) in [5.41, 5.74) is 0.702. The first-order chi connectivity index (χ1) is 20.7. The number of hydrogen-bond acceptors (Lipinski definition) is 4. The number of Topliss-reactive ketones (excluding diaryl/α,β-unsaturated/α-hetero) is 2. The Labute approximate surface area is 288 Å². The second-order valence-electron chi connectivity index (χ2n) is 18.2. The van der Waals surface area contributed by atoms with Crippen molar-refractivity contribution in [3.63, 3.8) is 0 Å². The molecule has 8 saturated carbocycles. The summed E-state index contributed by atoms with van der Waals surface area (Å²) in [6.45, 7) is 9.50. The molecule has 16 atom stereocenters. The Hall–Kier alpha value is 0.180. The number of aliphatic hydroxyl groups is 2. The number of ketones is 2. The van der Waals surface area contributed by atoms with Crippen LogP contribution in [0.2, 0.25) is 0 Å². The van der Waals surface area contributed by atoms with E-state index in [4.69, 9.17) is 0 Å². The van der Waals surface area contributed by atoms with Crippen LogP contribution in [0.3, 0.4) is 0 Å². The first kappa shape index (κ1) is 35.0. The summed E-state index contributed by atoms with van der Waals surface area (Å²) < 4.78 is 0. The molecule has 0 amide bonds. The molecular weight excluding hydrogens is 696 g/mol. The number of fused-ring (bicyclic) bond motifs is 10. The lowest BCUT2D eigenvalue weighted by Gasteiger charge is -2.60. The Balaban J connectivity index is 0.000000155. The van der Waals surface area contributed by atoms with Gasteiger partial charge in [0, 0.05) is 10.8 Å². The first-order valence-corrected chi connectivity index (χ1v) is 20.3. The molecule has 0 aromatic carbocycles. The van der Waals surface area contributed by atoms with Crippen molar-refractivity contribution in [2.45, 2.75) is 152 Å². The van der Waals surface area contributed by atoms with Crippen molar-refractivity contribution in [1.82, 2.24) is 0 Å². The van der Waals surface area contributed by atoms with Gasteiger partial charge in [-0.2, -0.15) is 0 Å². The van der Waals surface area contributed by atoms with Gasteiger partial charge >= 0.3 is 0 Å². The van der Waals surface area contributed by atoms with Crippen LogP contribution in [0.1, 0.15) is 130 Å². The van der Waals surface area contributed by atoms with Crippen LogP contribution in [0.15, 0.2) is 0 Å². The molecule has 0 aliphatic heterocycles. The predicted octanol–water partition coefficient (Wildman–Crippen LogP) is 7.84. The molecule has 0 radical (unpaired) electrons. The summed E-state index contributed by atoms with van der Waals surface area (Å²) in [5.74, 6) is 6.58. The van der Waals surface area contributed by atoms with Gasteiger partial charge in [-0.25, -0.2) is 0 Å². The third-order valence-corrected chi connectivity index (χ3v) is 18.3. The van der Waals surface area contributed by atoms with Gasteiger partial charge in [0.25, 0.3) is 0 Å². The van der Waals surface area contributed by atoms with Gasteiger partial charge in [0.2, 0.25) is 0 Å². The van der Waals surface area contributed by atoms with E-state index in [9.17, 15) is 19.8 Å². The average molecular weight is 757 g/mol. The highest BCUT2D eigenvalue weighted by Crippen LogP contribution is 2.67. The Morgan fingerprint density at radius 3 is 1.29 bits per heavy atom. The number of rotatable bonds is 0. The van der Waals surface area contributed by atoms with Gasteiger partial charge in [-0.05, 0) is 161 Å². The topological polar surface area (TPSA) is 106 Å². The molecule has 4 N–H and O–H groups in total. The summed E-state index contributed by atoms with van der Waals surface area (Å²) in [7, 11) is 0. The quantitative estimate of drug-likeness (QED) is 0.246. The summed E-state index contributed by atoms with van der Waals surface area (Å²) in [5, 5.41) is 20.1. The molecule has 7 heteroatoms. The average Bonchev–Trinajstić information content (AvgIpc) is 3.37. The monoisotopic (exact) mass is 754 g/mol. The standard InChI is InChI=1S/2C19H29BrO2.H2O/c2*1-18-7-5-12(21)9-11(18)3-4-13-14(18)6-8-19(2)15(13)10-16(20)17(19)22;/h2*11-16,21H,3-10H2,1-2H3;1H2/t2*11-,12-,13+,14-,15-,16+,18-,19-;/m00./s1. The van der Waals surface area contributed by atoms with Gasteiger partial charge in [0.1, 0.15) is 0 Å². The van der Waals surface area contributed by atoms with Crippen LogP contribution in [-0.4, -0.2) is 49.1 Å². The third kappa shape index (κ3) is 5.27. The molecule has 8 aliphatic carbocycles. The highest BCUT2D eigenvalue weighted by atomic mass is 79.9. The van der Waals surface area contributed by atoms with Crippen molar-refractivity contribution in [1.29, 1.82) is 0 Å². The summed E-state index contributed by atoms with van der Waals surface area (Å²) in [4.78, 5) is 25.5. The summed E-state index contributed by atoms with van der Waals surface area (Å²) in [6.07, 6.45) is 18.1. The van der Waals surface area contributed by atoms with Crippen LogP contribution in [0, 0.1) is 69.0 Å². The van der Waals surface area contributed by atoms with Gasteiger partial charge in [-0.3, -0.25) is 9.59 Å². The summed E-state index contributed by atoms with van der Waals surface area (Å²) in [6, 6.07) is 0. The fourth-order valence-electron chi connectivity index (χ4n) is 14.0. The van der Waals surface area contributed by atoms with Crippen molar-refractivity contribution in [3.05, 3.63) is 0 Å². The van der Waals surface area contributed by atoms with Gasteiger partial charge in [0.15, 0.2) is 11.6 Å². The van der Waals surface area contributed by atoms with Gasteiger partial charge < -0.3 is 15.7 Å². The van der Waals surface area contributed by atoms with Crippen LogP contribution >= 0.6 is 31.9 Å². The van der Waals surface area contributed by atoms with E-state index in [2.05, 4.69) is 59.6 Å². The molecular formula is C38H60Br2O5. The number of alkyl halides is 2. The van der Waals surface area contributed by atoms with Crippen molar-refractivity contribution in [2.24, 2.45) is 69.0 Å². The maximum absolute atomic E-state index is 12.7. The lowest BCUT2D eigenvalue weighted by atomic mass is 9.45. The second-order valence-corrected chi connectivity index (χ2v) is 20.4. The normalized spacial score (nSPS) is 56.6. The number of aliphatic hydroxyl groups excluding tert-OH is 2. The Kier molecular flexibility index (Phi) is 9.49. The van der Waals surface area contributed by atoms with E-state index < -0.39 is 0 Å². The Morgan fingerprint density at radius 2 is 0.911 bits per heavy atom. The molecule has 0 spiro atoms. The molecule has 0 bridgehead atoms. The van der Waals surface area contributed by atoms with Gasteiger partial charge in [-0.15, -0.1) is 0 Å². The fraction of sp³-hybridized carbons (Fsp3) is 0.947. The highest BCUT2D eigenvalue weighted by molar-refractivity contribution is 9.10. The van der Waals surface area contributed by atoms with Crippen molar-refractivity contribution < 1.29 is 25.3 Å². The van der Waals surface area contributed by atoms with Crippen LogP contribution in [-0.2, 0) is 9.59 Å². The minimum absolute atomic E-state index is 0. The number of hydrogen-bond donors (Lipinski definition) is 2. The van der Waals surface area contributed by atoms with Gasteiger partial charge in [-0.1, -0.05) is 59.6 Å². The molecule has 8 rings (SSSR count). The molecule has 256 valence electrons. The Morgan fingerprint density at radius 1 is 0.533 bits per heavy atom. The molecule has 0 unspecified atom stereocenters. The first-order valence-electron chi connectivity index (χ1n) is 18.5. The van der Waals surface area contributed by atoms with E-state index in [-0.39, 0.29) is 38.2 Å². The molecule has 8 fully saturated rings. The molecule has 8 aliphatic rings. The van der Waals surface area contributed by atoms with E-state index in [0.717, 1.165) is 75.0 Å². The number of carbonyl (C=O) groups is 2. The van der Waals surface area contributed by atoms with E-state index in [0.29, 0.717) is 46.1 Å². The smallest absolute Gasteiger partial charge is 0.152 e. The molecule has 0 aromatic rings. The summed E-state index contributed by atoms with van der Waals surface area (Å²) >= 11 is 7.31. The van der Waals surface area contributed by atoms with Crippen molar-refractivity contribution in [3.8, 4) is 0 Å². The van der Waals surface area contributed by atoms with Crippen LogP contribution in [0.5, 0.6) is 0 Å². The molecule has 0 heterocycles. The molecule has 0 saturated heterocycles. The maximum Gasteiger partial charge on any atom is 0.152 e. The molecule has 5 nitrogen and oxygen atoms in total. The zero-order chi connectivity index (χ0) is 31.4. The van der Waals surface area contributed by atoms with Crippen LogP contribution < -0.4 is 0 Å². The maximum atomic E-state index is 12.7. The van der Waals surface area contributed by atoms with Gasteiger partial charge in [0.05, 0.1) is 21.9 Å². The molecule has 0 aromatic heterocycles. The second kappa shape index (κ2) is 12.2. The lowest BCUT2D eigenvalue weighted by molar-refractivity contribution is -0.142. The van der Waals surface area contributed by atoms with E-state index in [1.165, 1.54) is 51.4 Å². The zero-order valence-corrected chi connectivity index (χ0v) is 31.4. The minimum atomic E-state index is -0.0662. The van der Waals surface area contributed by atoms with Crippen molar-refractivity contribution >= 4 is 43.4 Å². The number of carbonyl (C=O) groups excluding carboxylic acids is 2. The largest absolute Gasteiger partial charge is 0.412 e. The fourth-order valence-corrected chi connectivity index (χ4v) is 15.8. The number of halogens is 2. The SMILES string of the molecule is C[C@]12CC[C@H](O)C[C@@H]1CC[C@@H]1[C@@H]2CC[C@]2(C)C(=O)[C@H](Br)C[C@@H]12.C[C@]12CC[C@H](O)C[C@@H]1CC[C@@H]1[C@@H]2CC[C@]2(C)C(=O)[C@H](Br)C[C@@H]12.O. The van der Waals surface area contributed by atoms with Crippen molar-refractivity contribution in [2.75, 3.05) is 0 Å². The zero-order valence-electron chi connectivity index (χ0n) is 28.2. The Bertz CT molecular complexity index is 1070. The third-order valence-electron chi connectivity index (χ3n) is 16.7. The van der Waals surface area contributed by atoms with Crippen LogP contribution in [0.4, 0.5) is 0 Å². The van der Waals surface area contributed by atoms with Crippen LogP contribution in [0.25, 0.3) is 0 Å². The van der Waals surface area contributed by atoms with E-state index >= 15 is 0 Å². The van der Waals surface area contributed by atoms with E-state index in [1.54, 1.807) is 0 Å². The molecule has 45 heavy (non-hydrogen) atoms. The van der Waals surface area contributed by atoms with E-state index in [1.807, 2.05) is 0 Å².